The van der Waals surface area contributed by atoms with Crippen LogP contribution in [0.3, 0.4) is 0 Å². The maximum Gasteiger partial charge on any atom is 0.294 e. The number of nitrogens with one attached hydrogen (secondary N) is 7. The number of rotatable bonds is 14. The molecular formula is C48H55F2N29O15+4. The van der Waals surface area contributed by atoms with Crippen LogP contribution in [0.5, 0.6) is 0 Å². The fourth-order valence-electron chi connectivity index (χ4n) is 10.9. The molecule has 4 saturated heterocycles. The van der Waals surface area contributed by atoms with Crippen LogP contribution in [0, 0.1) is 82.3 Å². The zero-order chi connectivity index (χ0) is 68.2. The summed E-state index contributed by atoms with van der Waals surface area (Å²) >= 11 is 0. The van der Waals surface area contributed by atoms with Gasteiger partial charge in [0.25, 0.3) is 34.0 Å². The summed E-state index contributed by atoms with van der Waals surface area (Å²) in [5.74, 6) is -3.78. The van der Waals surface area contributed by atoms with Crippen molar-refractivity contribution >= 4 is 50.3 Å². The Bertz CT molecular complexity index is 4640. The lowest BCUT2D eigenvalue weighted by Gasteiger charge is -2.18. The van der Waals surface area contributed by atoms with Gasteiger partial charge in [0.1, 0.15) is 120 Å². The van der Waals surface area contributed by atoms with Crippen LogP contribution in [0.25, 0.3) is 44.7 Å². The van der Waals surface area contributed by atoms with Gasteiger partial charge in [-0.3, -0.25) is 41.4 Å². The standard InChI is InChI=1S/C12H14FN7O4.C12H13FN6O4.C12H12N8O4.C12H13N8O3/c1-5-16-9-7(10(23)17-5)15-4-20(9)11-6(2-13)8(22)12(3-21,24-11)18-19-14;13-3-6-9(22)12(4-20,17-18-14)23-11(6)19-5-16-8-7(21)1-2-15-10(8)19;1-5-16-9-7(10(23)17-5)15-4-20(9)11-6(2-13)8(22)12(3-21,24-11)18-19-14;13-3-6-9(22)12(4-21,18-19-15)23-11(6)20-5-17-8-7(14)1-2-16-10(8)20/h4,6,8,11,14,21-22H,2-3H2,1H3;1-2,5-6,9,11,14,20,22H,3-4H2;4,6,8,11,14,21-22H,3H2,1H3;1-2,5-6,9,11,15,21-22H,4H2,(H2,14,16)/q;;;+1/p+3/t6-,8-,11+,12+;6-,9-,11+,12+;6-,8-,11+,12+;6-,9-,11+,12+/m0000/s1. The fourth-order valence-corrected chi connectivity index (χ4v) is 10.9. The van der Waals surface area contributed by atoms with Gasteiger partial charge in [0.2, 0.25) is 25.1 Å². The molecule has 0 radical (unpaired) electrons. The number of anilines is 1. The zero-order valence-electron chi connectivity index (χ0n) is 48.4. The van der Waals surface area contributed by atoms with Crippen LogP contribution in [-0.2, 0) is 18.9 Å². The van der Waals surface area contributed by atoms with Crippen molar-refractivity contribution in [1.29, 1.82) is 32.6 Å². The second-order valence-corrected chi connectivity index (χ2v) is 20.9. The highest BCUT2D eigenvalue weighted by Gasteiger charge is 2.63. The van der Waals surface area contributed by atoms with Gasteiger partial charge >= 0.3 is 0 Å². The van der Waals surface area contributed by atoms with Gasteiger partial charge in [0, 0.05) is 18.5 Å². The minimum atomic E-state index is -1.96. The molecule has 8 aromatic heterocycles. The van der Waals surface area contributed by atoms with Crippen LogP contribution in [0.1, 0.15) is 36.6 Å². The van der Waals surface area contributed by atoms with E-state index in [0.717, 1.165) is 0 Å². The minimum absolute atomic E-state index is 0.0277. The first-order chi connectivity index (χ1) is 45.1. The number of aromatic amines is 3. The molecule has 4 aliphatic rings. The average Bonchev–Trinajstić information content (AvgIpc) is 1.62. The van der Waals surface area contributed by atoms with Gasteiger partial charge in [-0.05, 0) is 19.9 Å². The fraction of sp³-hybridized carbons (Fsp3) is 0.500. The molecule has 0 bridgehead atoms. The van der Waals surface area contributed by atoms with Crippen LogP contribution in [-0.4, -0.2) is 196 Å². The summed E-state index contributed by atoms with van der Waals surface area (Å²) in [6, 6.07) is 6.68. The Hall–Kier alpha value is -10.9. The van der Waals surface area contributed by atoms with Crippen LogP contribution in [0.15, 0.2) is 84.7 Å². The third kappa shape index (κ3) is 11.5. The number of hydrogen-bond acceptors (Lipinski definition) is 33. The van der Waals surface area contributed by atoms with Crippen molar-refractivity contribution in [1.82, 2.24) is 87.8 Å². The second kappa shape index (κ2) is 27.1. The van der Waals surface area contributed by atoms with E-state index in [1.807, 2.05) is 12.1 Å². The Morgan fingerprint density at radius 1 is 0.574 bits per heavy atom. The number of fused-ring (bicyclic) bond motifs is 4. The number of nitrogen functional groups attached to an aromatic ring is 1. The SMILES string of the molecule is Cc1nc2c(ncn2[C@@H]2O[C@@](CO)(N=[N+]=N)[C@@H](O)[C@@H]2C#N)c(=O)[nH]1.Cc1nc2c(ncn2[C@@H]2O[C@@](CO)(N=[N+]=N)[C@@H](O)[C@@H]2CF)c(=O)[nH]1.N#C[C@@H]1[C@H](n2cnc3c(N)ccnc32)O[C@@](CO)(N=[N+]=N)[C@H]1O.N=[N+]=N[C@]1(CO)O[C@@H](n2cnc3c(=O)cc[nH]c32)[C@@H](CF)[C@@H]1O. The molecule has 0 spiro atoms. The smallest absolute Gasteiger partial charge is 0.294 e. The third-order valence-electron chi connectivity index (χ3n) is 15.6. The zero-order valence-corrected chi connectivity index (χ0v) is 48.4. The predicted molar refractivity (Wildman–Crippen MR) is 298 cm³/mol. The van der Waals surface area contributed by atoms with Crippen molar-refractivity contribution in [3.8, 4) is 12.1 Å². The van der Waals surface area contributed by atoms with Crippen LogP contribution in [0.2, 0.25) is 0 Å². The quantitative estimate of drug-likeness (QED) is 0.0372. The number of hydrogen-bond donors (Lipinski definition) is 16. The number of nitrogens with two attached hydrogens (primary N) is 1. The summed E-state index contributed by atoms with van der Waals surface area (Å²) in [6.07, 6.45) is -2.44. The number of aromatic nitrogens is 14. The van der Waals surface area contributed by atoms with E-state index in [4.69, 9.17) is 46.8 Å². The van der Waals surface area contributed by atoms with Crippen molar-refractivity contribution in [2.45, 2.75) is 86.1 Å². The molecule has 4 aliphatic heterocycles. The molecule has 0 saturated carbocycles. The number of imidazole rings is 4. The molecule has 17 N–H and O–H groups in total. The maximum absolute atomic E-state index is 13.5. The number of aryl methyl sites for hydroxylation is 2. The average molecular weight is 1320 g/mol. The number of ether oxygens (including phenoxy) is 4. The number of nitriles is 2. The molecule has 0 amide bonds. The van der Waals surface area contributed by atoms with Crippen LogP contribution >= 0.6 is 0 Å². The van der Waals surface area contributed by atoms with Gasteiger partial charge in [-0.2, -0.15) is 10.5 Å². The molecule has 0 aliphatic carbocycles. The van der Waals surface area contributed by atoms with Crippen molar-refractivity contribution in [2.24, 2.45) is 44.1 Å². The lowest BCUT2D eigenvalue weighted by molar-refractivity contribution is -0.126. The molecular weight excluding hydrogens is 1260 g/mol. The van der Waals surface area contributed by atoms with Crippen molar-refractivity contribution in [2.75, 3.05) is 45.5 Å². The van der Waals surface area contributed by atoms with E-state index in [0.29, 0.717) is 28.5 Å². The minimum Gasteiger partial charge on any atom is -0.397 e. The van der Waals surface area contributed by atoms with Gasteiger partial charge in [-0.25, -0.2) is 34.9 Å². The first-order valence-corrected chi connectivity index (χ1v) is 27.2. The Morgan fingerprint density at radius 3 is 1.36 bits per heavy atom. The molecule has 4 fully saturated rings. The number of nitrogens with zero attached hydrogens (tertiary/aromatic N) is 21. The number of aliphatic hydroxyl groups excluding tert-OH is 8. The van der Waals surface area contributed by atoms with E-state index < -0.39 is 147 Å². The number of aliphatic hydroxyl groups is 8. The molecule has 0 unspecified atom stereocenters. The van der Waals surface area contributed by atoms with Crippen molar-refractivity contribution < 1.29 is 68.6 Å². The molecule has 12 heterocycles. The molecule has 46 heteroatoms. The molecule has 8 aromatic rings. The molecule has 94 heavy (non-hydrogen) atoms. The van der Waals surface area contributed by atoms with E-state index in [2.05, 4.69) is 89.9 Å². The molecule has 16 atom stereocenters. The summed E-state index contributed by atoms with van der Waals surface area (Å²) in [4.78, 5) is 83.1. The molecule has 12 rings (SSSR count). The summed E-state index contributed by atoms with van der Waals surface area (Å²) < 4.78 is 54.5. The first-order valence-electron chi connectivity index (χ1n) is 27.2. The van der Waals surface area contributed by atoms with Gasteiger partial charge in [0.15, 0.2) is 66.4 Å². The number of halogens is 2. The maximum atomic E-state index is 13.5. The Labute approximate surface area is 518 Å². The Morgan fingerprint density at radius 2 is 0.947 bits per heavy atom. The number of alkyl halides is 2. The number of H-pyrrole nitrogens is 3. The topological polar surface area (TPSA) is 682 Å². The first kappa shape index (κ1) is 67.5. The van der Waals surface area contributed by atoms with Crippen LogP contribution in [0.4, 0.5) is 14.5 Å². The van der Waals surface area contributed by atoms with E-state index >= 15 is 0 Å². The largest absolute Gasteiger partial charge is 0.397 e. The number of pyridine rings is 2. The summed E-state index contributed by atoms with van der Waals surface area (Å²) in [7, 11) is 0. The van der Waals surface area contributed by atoms with Gasteiger partial charge < -0.3 is 80.5 Å². The highest BCUT2D eigenvalue weighted by atomic mass is 19.1. The summed E-state index contributed by atoms with van der Waals surface area (Å²) in [6.45, 7) is -1.94. The van der Waals surface area contributed by atoms with E-state index in [-0.39, 0.29) is 38.9 Å². The predicted octanol–water partition coefficient (Wildman–Crippen LogP) is -3.44. The normalized spacial score (nSPS) is 29.9. The Kier molecular flexibility index (Phi) is 19.5. The van der Waals surface area contributed by atoms with E-state index in [1.165, 1.54) is 62.0 Å². The van der Waals surface area contributed by atoms with Gasteiger partial charge in [-0.1, -0.05) is 0 Å². The third-order valence-corrected chi connectivity index (χ3v) is 15.6. The summed E-state index contributed by atoms with van der Waals surface area (Å²) in [5, 5.41) is 112. The van der Waals surface area contributed by atoms with Gasteiger partial charge in [-0.15, -0.1) is 0 Å². The van der Waals surface area contributed by atoms with E-state index in [1.54, 1.807) is 19.9 Å². The Balaban J connectivity index is 0.000000148. The monoisotopic (exact) mass is 1320 g/mol. The van der Waals surface area contributed by atoms with Crippen molar-refractivity contribution in [3.05, 3.63) is 92.4 Å². The highest BCUT2D eigenvalue weighted by Crippen LogP contribution is 2.47. The van der Waals surface area contributed by atoms with Crippen molar-refractivity contribution in [3.63, 3.8) is 0 Å². The lowest BCUT2D eigenvalue weighted by atomic mass is 9.97. The highest BCUT2D eigenvalue weighted by molar-refractivity contribution is 5.83. The van der Waals surface area contributed by atoms with Crippen LogP contribution < -0.4 is 41.9 Å². The summed E-state index contributed by atoms with van der Waals surface area (Å²) in [5.41, 5.74) is 26.1. The lowest BCUT2D eigenvalue weighted by Crippen LogP contribution is -2.43. The second-order valence-electron chi connectivity index (χ2n) is 20.9. The van der Waals surface area contributed by atoms with E-state index in [9.17, 15) is 74.5 Å². The molecule has 492 valence electrons. The van der Waals surface area contributed by atoms with Gasteiger partial charge in [0.05, 0.1) is 68.3 Å². The molecule has 0 aromatic carbocycles. The molecule has 44 nitrogen and oxygen atoms in total.